The van der Waals surface area contributed by atoms with Crippen molar-refractivity contribution in [3.63, 3.8) is 0 Å². The molecule has 7 heteroatoms. The van der Waals surface area contributed by atoms with Gasteiger partial charge in [0.2, 0.25) is 11.8 Å². The molecule has 1 aliphatic heterocycles. The zero-order valence-electron chi connectivity index (χ0n) is 14.7. The third-order valence-corrected chi connectivity index (χ3v) is 4.85. The van der Waals surface area contributed by atoms with E-state index in [4.69, 9.17) is 5.11 Å². The average molecular weight is 357 g/mol. The van der Waals surface area contributed by atoms with Crippen LogP contribution in [0.25, 0.3) is 10.9 Å². The lowest BCUT2D eigenvalue weighted by atomic mass is 10.0. The molecular weight excluding hydrogens is 334 g/mol. The number of carboxylic acid groups (broad SMARTS) is 1. The molecule has 3 rings (SSSR count). The summed E-state index contributed by atoms with van der Waals surface area (Å²) in [7, 11) is 0. The van der Waals surface area contributed by atoms with E-state index in [-0.39, 0.29) is 24.3 Å². The quantitative estimate of drug-likeness (QED) is 0.732. The zero-order valence-corrected chi connectivity index (χ0v) is 14.7. The lowest BCUT2D eigenvalue weighted by Crippen LogP contribution is -2.51. The number of hydrogen-bond donors (Lipinski definition) is 3. The van der Waals surface area contributed by atoms with Crippen molar-refractivity contribution in [2.24, 2.45) is 0 Å². The Bertz CT molecular complexity index is 829. The summed E-state index contributed by atoms with van der Waals surface area (Å²) in [5.74, 6) is -1.41. The van der Waals surface area contributed by atoms with E-state index >= 15 is 0 Å². The van der Waals surface area contributed by atoms with Crippen LogP contribution in [0.2, 0.25) is 0 Å². The number of nitrogens with zero attached hydrogens (tertiary/aromatic N) is 1. The number of para-hydroxylation sites is 1. The number of aromatic nitrogens is 1. The average Bonchev–Trinajstić information content (AvgIpc) is 3.20. The Morgan fingerprint density at radius 2 is 2.12 bits per heavy atom. The van der Waals surface area contributed by atoms with Gasteiger partial charge in [0.25, 0.3) is 0 Å². The number of aromatic amines is 1. The Kier molecular flexibility index (Phi) is 5.25. The second kappa shape index (κ2) is 7.59. The van der Waals surface area contributed by atoms with E-state index in [0.29, 0.717) is 19.4 Å². The molecule has 0 radical (unpaired) electrons. The summed E-state index contributed by atoms with van der Waals surface area (Å²) in [6, 6.07) is 6.77. The first kappa shape index (κ1) is 18.0. The molecule has 138 valence electrons. The number of aliphatic carboxylic acids is 1. The number of likely N-dealkylation sites (tertiary alicyclic amines) is 1. The van der Waals surface area contributed by atoms with E-state index in [1.54, 1.807) is 4.90 Å². The molecule has 2 aromatic rings. The second-order valence-corrected chi connectivity index (χ2v) is 6.74. The first-order valence-corrected chi connectivity index (χ1v) is 8.80. The van der Waals surface area contributed by atoms with Crippen LogP contribution >= 0.6 is 0 Å². The maximum absolute atomic E-state index is 13.0. The molecule has 26 heavy (non-hydrogen) atoms. The van der Waals surface area contributed by atoms with Gasteiger partial charge in [-0.25, -0.2) is 0 Å². The highest BCUT2D eigenvalue weighted by Crippen LogP contribution is 2.24. The molecule has 1 aromatic heterocycles. The fraction of sp³-hybridized carbons (Fsp3) is 0.421. The molecule has 2 amide bonds. The Morgan fingerprint density at radius 1 is 1.35 bits per heavy atom. The van der Waals surface area contributed by atoms with E-state index in [9.17, 15) is 14.4 Å². The normalized spacial score (nSPS) is 18.0. The summed E-state index contributed by atoms with van der Waals surface area (Å²) >= 11 is 0. The molecule has 1 aromatic carbocycles. The summed E-state index contributed by atoms with van der Waals surface area (Å²) in [5, 5.41) is 12.8. The molecule has 0 saturated carbocycles. The van der Waals surface area contributed by atoms with Crippen molar-refractivity contribution < 1.29 is 19.5 Å². The van der Waals surface area contributed by atoms with E-state index in [1.807, 2.05) is 30.5 Å². The summed E-state index contributed by atoms with van der Waals surface area (Å²) in [4.78, 5) is 40.5. The fourth-order valence-corrected chi connectivity index (χ4v) is 3.71. The van der Waals surface area contributed by atoms with Crippen LogP contribution in [-0.4, -0.2) is 51.4 Å². The highest BCUT2D eigenvalue weighted by atomic mass is 16.4. The molecule has 2 atom stereocenters. The van der Waals surface area contributed by atoms with Crippen molar-refractivity contribution in [1.29, 1.82) is 0 Å². The molecule has 0 aliphatic carbocycles. The number of benzene rings is 1. The van der Waals surface area contributed by atoms with Gasteiger partial charge in [0.1, 0.15) is 6.04 Å². The van der Waals surface area contributed by atoms with Crippen molar-refractivity contribution >= 4 is 28.7 Å². The summed E-state index contributed by atoms with van der Waals surface area (Å²) in [5.41, 5.74) is 1.92. The van der Waals surface area contributed by atoms with Crippen molar-refractivity contribution in [2.45, 2.75) is 44.7 Å². The minimum Gasteiger partial charge on any atom is -0.481 e. The number of rotatable bonds is 6. The van der Waals surface area contributed by atoms with E-state index in [1.165, 1.54) is 6.92 Å². The molecule has 0 bridgehead atoms. The maximum Gasteiger partial charge on any atom is 0.305 e. The predicted octanol–water partition coefficient (Wildman–Crippen LogP) is 1.68. The second-order valence-electron chi connectivity index (χ2n) is 6.74. The van der Waals surface area contributed by atoms with Crippen LogP contribution in [0.5, 0.6) is 0 Å². The van der Waals surface area contributed by atoms with E-state index in [0.717, 1.165) is 22.9 Å². The monoisotopic (exact) mass is 357 g/mol. The van der Waals surface area contributed by atoms with Crippen LogP contribution in [0, 0.1) is 0 Å². The number of fused-ring (bicyclic) bond motifs is 1. The van der Waals surface area contributed by atoms with Gasteiger partial charge in [0.15, 0.2) is 0 Å². The van der Waals surface area contributed by atoms with Crippen LogP contribution in [0.3, 0.4) is 0 Å². The largest absolute Gasteiger partial charge is 0.481 e. The molecule has 0 spiro atoms. The Morgan fingerprint density at radius 3 is 2.85 bits per heavy atom. The standard InChI is InChI=1S/C19H23N3O4/c1-12(23)21-17(9-13-11-20-16-7-3-2-6-15(13)16)19(26)22-8-4-5-14(22)10-18(24)25/h2-3,6-7,11,14,17,20H,4-5,8-10H2,1H3,(H,21,23)(H,24,25). The van der Waals surface area contributed by atoms with Crippen molar-refractivity contribution in [3.05, 3.63) is 36.0 Å². The van der Waals surface area contributed by atoms with Crippen LogP contribution in [-0.2, 0) is 20.8 Å². The number of nitrogens with one attached hydrogen (secondary N) is 2. The van der Waals surface area contributed by atoms with Crippen molar-refractivity contribution in [1.82, 2.24) is 15.2 Å². The highest BCUT2D eigenvalue weighted by Gasteiger charge is 2.34. The Balaban J connectivity index is 1.82. The molecule has 1 aliphatic rings. The first-order chi connectivity index (χ1) is 12.5. The zero-order chi connectivity index (χ0) is 18.7. The van der Waals surface area contributed by atoms with Gasteiger partial charge in [0.05, 0.1) is 6.42 Å². The van der Waals surface area contributed by atoms with Crippen LogP contribution in [0.4, 0.5) is 0 Å². The first-order valence-electron chi connectivity index (χ1n) is 8.80. The maximum atomic E-state index is 13.0. The SMILES string of the molecule is CC(=O)NC(Cc1c[nH]c2ccccc12)C(=O)N1CCCC1CC(=O)O. The van der Waals surface area contributed by atoms with E-state index < -0.39 is 12.0 Å². The topological polar surface area (TPSA) is 103 Å². The van der Waals surface area contributed by atoms with Gasteiger partial charge in [-0.3, -0.25) is 14.4 Å². The molecular formula is C19H23N3O4. The highest BCUT2D eigenvalue weighted by molar-refractivity contribution is 5.89. The molecule has 2 heterocycles. The van der Waals surface area contributed by atoms with Gasteiger partial charge >= 0.3 is 5.97 Å². The van der Waals surface area contributed by atoms with Gasteiger partial charge in [-0.1, -0.05) is 18.2 Å². The van der Waals surface area contributed by atoms with Crippen LogP contribution < -0.4 is 5.32 Å². The number of hydrogen-bond acceptors (Lipinski definition) is 3. The van der Waals surface area contributed by atoms with Crippen LogP contribution in [0.1, 0.15) is 31.7 Å². The van der Waals surface area contributed by atoms with Crippen molar-refractivity contribution in [3.8, 4) is 0 Å². The lowest BCUT2D eigenvalue weighted by molar-refractivity contribution is -0.141. The molecule has 3 N–H and O–H groups in total. The number of amides is 2. The molecule has 7 nitrogen and oxygen atoms in total. The Labute approximate surface area is 151 Å². The van der Waals surface area contributed by atoms with Gasteiger partial charge in [-0.2, -0.15) is 0 Å². The minimum atomic E-state index is -0.914. The van der Waals surface area contributed by atoms with Crippen molar-refractivity contribution in [2.75, 3.05) is 6.54 Å². The van der Waals surface area contributed by atoms with Gasteiger partial charge in [0, 0.05) is 43.0 Å². The summed E-state index contributed by atoms with van der Waals surface area (Å²) in [6.45, 7) is 1.91. The number of carboxylic acids is 1. The third kappa shape index (κ3) is 3.87. The number of carbonyl (C=O) groups excluding carboxylic acids is 2. The summed E-state index contributed by atoms with van der Waals surface area (Å²) in [6.07, 6.45) is 3.61. The fourth-order valence-electron chi connectivity index (χ4n) is 3.71. The van der Waals surface area contributed by atoms with Crippen LogP contribution in [0.15, 0.2) is 30.5 Å². The molecule has 1 fully saturated rings. The van der Waals surface area contributed by atoms with Gasteiger partial charge in [-0.15, -0.1) is 0 Å². The van der Waals surface area contributed by atoms with Gasteiger partial charge < -0.3 is 20.3 Å². The number of carbonyl (C=O) groups is 3. The Hall–Kier alpha value is -2.83. The smallest absolute Gasteiger partial charge is 0.305 e. The predicted molar refractivity (Wildman–Crippen MR) is 96.6 cm³/mol. The third-order valence-electron chi connectivity index (χ3n) is 4.85. The van der Waals surface area contributed by atoms with E-state index in [2.05, 4.69) is 10.3 Å². The molecule has 2 unspecified atom stereocenters. The lowest BCUT2D eigenvalue weighted by Gasteiger charge is -2.28. The summed E-state index contributed by atoms with van der Waals surface area (Å²) < 4.78 is 0. The number of H-pyrrole nitrogens is 1. The van der Waals surface area contributed by atoms with Gasteiger partial charge in [-0.05, 0) is 24.5 Å². The minimum absolute atomic E-state index is 0.0639. The molecule has 1 saturated heterocycles.